The molecule has 1 saturated carbocycles. The van der Waals surface area contributed by atoms with Crippen molar-refractivity contribution in [1.29, 1.82) is 0 Å². The molecule has 6 nitrogen and oxygen atoms in total. The van der Waals surface area contributed by atoms with Crippen LogP contribution < -0.4 is 5.32 Å². The summed E-state index contributed by atoms with van der Waals surface area (Å²) in [5.41, 5.74) is -0.765. The van der Waals surface area contributed by atoms with Gasteiger partial charge in [-0.2, -0.15) is 0 Å². The minimum absolute atomic E-state index is 0.0442. The highest BCUT2D eigenvalue weighted by atomic mass is 32.2. The normalized spacial score (nSPS) is 24.3. The van der Waals surface area contributed by atoms with Crippen molar-refractivity contribution in [2.45, 2.75) is 56.6 Å². The molecule has 1 N–H and O–H groups in total. The van der Waals surface area contributed by atoms with Gasteiger partial charge < -0.3 is 10.1 Å². The van der Waals surface area contributed by atoms with Crippen LogP contribution >= 0.6 is 0 Å². The van der Waals surface area contributed by atoms with Crippen LogP contribution in [0.4, 0.5) is 4.39 Å². The maximum absolute atomic E-state index is 14.3. The zero-order valence-corrected chi connectivity index (χ0v) is 16.1. The number of amides is 1. The van der Waals surface area contributed by atoms with Gasteiger partial charge >= 0.3 is 5.97 Å². The summed E-state index contributed by atoms with van der Waals surface area (Å²) in [4.78, 5) is 25.2. The van der Waals surface area contributed by atoms with E-state index >= 15 is 0 Å². The fourth-order valence-corrected chi connectivity index (χ4v) is 5.64. The summed E-state index contributed by atoms with van der Waals surface area (Å²) in [5.74, 6) is -1.65. The Kier molecular flexibility index (Phi) is 5.55. The highest BCUT2D eigenvalue weighted by molar-refractivity contribution is 7.91. The van der Waals surface area contributed by atoms with Crippen LogP contribution in [0.1, 0.15) is 44.6 Å². The second-order valence-electron chi connectivity index (χ2n) is 7.43. The molecule has 1 aliphatic carbocycles. The molecule has 2 atom stereocenters. The van der Waals surface area contributed by atoms with Crippen LogP contribution in [0.15, 0.2) is 24.3 Å². The lowest BCUT2D eigenvalue weighted by molar-refractivity contribution is -0.160. The van der Waals surface area contributed by atoms with E-state index in [1.54, 1.807) is 18.2 Å². The van der Waals surface area contributed by atoms with E-state index in [0.717, 1.165) is 12.8 Å². The summed E-state index contributed by atoms with van der Waals surface area (Å²) in [7, 11) is -3.12. The summed E-state index contributed by atoms with van der Waals surface area (Å²) in [5, 5.41) is 2.62. The minimum atomic E-state index is -3.12. The second kappa shape index (κ2) is 7.58. The summed E-state index contributed by atoms with van der Waals surface area (Å²) < 4.78 is 42.8. The van der Waals surface area contributed by atoms with Crippen molar-refractivity contribution in [2.24, 2.45) is 0 Å². The molecule has 27 heavy (non-hydrogen) atoms. The zero-order chi connectivity index (χ0) is 19.7. The lowest BCUT2D eigenvalue weighted by Crippen LogP contribution is -2.45. The molecule has 0 aromatic heterocycles. The number of esters is 1. The van der Waals surface area contributed by atoms with Gasteiger partial charge in [-0.25, -0.2) is 12.8 Å². The average Bonchev–Trinajstić information content (AvgIpc) is 3.22. The number of hydrogen-bond donors (Lipinski definition) is 1. The summed E-state index contributed by atoms with van der Waals surface area (Å²) >= 11 is 0. The molecule has 1 amide bonds. The smallest absolute Gasteiger partial charge is 0.317 e. The molecule has 148 valence electrons. The predicted molar refractivity (Wildman–Crippen MR) is 97.3 cm³/mol. The van der Waals surface area contributed by atoms with E-state index in [9.17, 15) is 22.4 Å². The molecule has 2 fully saturated rings. The molecule has 0 spiro atoms. The molecular formula is C19H24FNO5S. The van der Waals surface area contributed by atoms with Gasteiger partial charge in [0.05, 0.1) is 16.9 Å². The van der Waals surface area contributed by atoms with Gasteiger partial charge in [0, 0.05) is 11.6 Å². The Morgan fingerprint density at radius 3 is 2.52 bits per heavy atom. The van der Waals surface area contributed by atoms with Crippen molar-refractivity contribution < 1.29 is 27.1 Å². The standard InChI is InChI=1S/C19H24FNO5S/c1-13(17(22)21-14-8-11-27(24,25)12-14)26-18(23)19(9-4-5-10-19)15-6-2-3-7-16(15)20/h2-3,6-7,13-14H,4-5,8-12H2,1H3,(H,21,22)/t13-,14+/m1/s1. The topological polar surface area (TPSA) is 89.5 Å². The number of sulfone groups is 1. The third-order valence-corrected chi connectivity index (χ3v) is 7.24. The zero-order valence-electron chi connectivity index (χ0n) is 15.2. The van der Waals surface area contributed by atoms with E-state index < -0.39 is 45.1 Å². The van der Waals surface area contributed by atoms with Gasteiger partial charge in [-0.1, -0.05) is 31.0 Å². The number of rotatable bonds is 5. The second-order valence-corrected chi connectivity index (χ2v) is 9.65. The number of ether oxygens (including phenoxy) is 1. The molecule has 2 aliphatic rings. The number of halogens is 1. The molecule has 1 aromatic carbocycles. The van der Waals surface area contributed by atoms with Gasteiger partial charge in [0.1, 0.15) is 5.82 Å². The van der Waals surface area contributed by atoms with Crippen LogP contribution in [0.2, 0.25) is 0 Å². The first-order valence-electron chi connectivity index (χ1n) is 9.20. The Balaban J connectivity index is 1.69. The first kappa shape index (κ1) is 19.8. The van der Waals surface area contributed by atoms with E-state index in [4.69, 9.17) is 4.74 Å². The van der Waals surface area contributed by atoms with E-state index in [1.165, 1.54) is 13.0 Å². The van der Waals surface area contributed by atoms with E-state index in [2.05, 4.69) is 5.32 Å². The lowest BCUT2D eigenvalue weighted by atomic mass is 9.78. The van der Waals surface area contributed by atoms with Crippen LogP contribution in [0.3, 0.4) is 0 Å². The van der Waals surface area contributed by atoms with Gasteiger partial charge in [-0.3, -0.25) is 9.59 Å². The molecule has 3 rings (SSSR count). The molecule has 1 aromatic rings. The highest BCUT2D eigenvalue weighted by Gasteiger charge is 2.46. The third-order valence-electron chi connectivity index (χ3n) is 5.47. The van der Waals surface area contributed by atoms with Gasteiger partial charge in [-0.15, -0.1) is 0 Å². The first-order chi connectivity index (χ1) is 12.7. The summed E-state index contributed by atoms with van der Waals surface area (Å²) in [6.07, 6.45) is 1.79. The Morgan fingerprint density at radius 2 is 1.93 bits per heavy atom. The summed E-state index contributed by atoms with van der Waals surface area (Å²) in [6.45, 7) is 1.45. The quantitative estimate of drug-likeness (QED) is 0.766. The molecule has 0 bridgehead atoms. The summed E-state index contributed by atoms with van der Waals surface area (Å²) in [6, 6.07) is 5.70. The Hall–Kier alpha value is -1.96. The SMILES string of the molecule is C[C@@H](OC(=O)C1(c2ccccc2F)CCCC1)C(=O)N[C@H]1CCS(=O)(=O)C1. The largest absolute Gasteiger partial charge is 0.452 e. The van der Waals surface area contributed by atoms with Crippen LogP contribution in [-0.4, -0.2) is 43.9 Å². The van der Waals surface area contributed by atoms with Gasteiger partial charge in [0.2, 0.25) is 0 Å². The van der Waals surface area contributed by atoms with Crippen molar-refractivity contribution in [3.8, 4) is 0 Å². The van der Waals surface area contributed by atoms with Gasteiger partial charge in [0.25, 0.3) is 5.91 Å². The molecule has 1 aliphatic heterocycles. The minimum Gasteiger partial charge on any atom is -0.452 e. The third kappa shape index (κ3) is 4.15. The Labute approximate surface area is 158 Å². The average molecular weight is 397 g/mol. The van der Waals surface area contributed by atoms with Gasteiger partial charge in [0.15, 0.2) is 15.9 Å². The first-order valence-corrected chi connectivity index (χ1v) is 11.0. The fourth-order valence-electron chi connectivity index (χ4n) is 3.97. The number of carbonyl (C=O) groups is 2. The molecule has 0 unspecified atom stereocenters. The predicted octanol–water partition coefficient (Wildman–Crippen LogP) is 1.87. The Morgan fingerprint density at radius 1 is 1.26 bits per heavy atom. The number of hydrogen-bond acceptors (Lipinski definition) is 5. The Bertz CT molecular complexity index is 832. The number of carbonyl (C=O) groups excluding carboxylic acids is 2. The van der Waals surface area contributed by atoms with E-state index in [1.807, 2.05) is 0 Å². The van der Waals surface area contributed by atoms with E-state index in [0.29, 0.717) is 24.8 Å². The fraction of sp³-hybridized carbons (Fsp3) is 0.579. The molecular weight excluding hydrogens is 373 g/mol. The number of benzene rings is 1. The lowest BCUT2D eigenvalue weighted by Gasteiger charge is -2.29. The van der Waals surface area contributed by atoms with Gasteiger partial charge in [-0.05, 0) is 32.3 Å². The van der Waals surface area contributed by atoms with Crippen molar-refractivity contribution in [2.75, 3.05) is 11.5 Å². The van der Waals surface area contributed by atoms with Crippen LogP contribution in [0.5, 0.6) is 0 Å². The van der Waals surface area contributed by atoms with Crippen LogP contribution in [0, 0.1) is 5.82 Å². The van der Waals surface area contributed by atoms with Crippen LogP contribution in [-0.2, 0) is 29.6 Å². The van der Waals surface area contributed by atoms with E-state index in [-0.39, 0.29) is 11.5 Å². The monoisotopic (exact) mass is 397 g/mol. The van der Waals surface area contributed by atoms with Crippen molar-refractivity contribution >= 4 is 21.7 Å². The molecule has 0 radical (unpaired) electrons. The van der Waals surface area contributed by atoms with Crippen molar-refractivity contribution in [3.05, 3.63) is 35.6 Å². The maximum Gasteiger partial charge on any atom is 0.317 e. The van der Waals surface area contributed by atoms with Crippen molar-refractivity contribution in [3.63, 3.8) is 0 Å². The highest BCUT2D eigenvalue weighted by Crippen LogP contribution is 2.43. The van der Waals surface area contributed by atoms with Crippen LogP contribution in [0.25, 0.3) is 0 Å². The molecule has 1 heterocycles. The number of nitrogens with one attached hydrogen (secondary N) is 1. The molecule has 8 heteroatoms. The maximum atomic E-state index is 14.3. The molecule has 1 saturated heterocycles. The van der Waals surface area contributed by atoms with Crippen molar-refractivity contribution in [1.82, 2.24) is 5.32 Å².